The number of carboxylic acids is 1. The number of piperidine rings is 1. The molecule has 0 aromatic heterocycles. The summed E-state index contributed by atoms with van der Waals surface area (Å²) >= 11 is 0. The second-order valence-corrected chi connectivity index (χ2v) is 7.36. The van der Waals surface area contributed by atoms with Crippen LogP contribution in [0.4, 0.5) is 13.6 Å². The normalized spacial score (nSPS) is 19.7. The van der Waals surface area contributed by atoms with Gasteiger partial charge in [-0.05, 0) is 52.3 Å². The van der Waals surface area contributed by atoms with E-state index in [9.17, 15) is 23.5 Å². The summed E-state index contributed by atoms with van der Waals surface area (Å²) in [5, 5.41) is 12.3. The van der Waals surface area contributed by atoms with Crippen LogP contribution in [0.15, 0.2) is 18.2 Å². The van der Waals surface area contributed by atoms with Gasteiger partial charge in [0.1, 0.15) is 23.3 Å². The summed E-state index contributed by atoms with van der Waals surface area (Å²) in [4.78, 5) is 25.1. The summed E-state index contributed by atoms with van der Waals surface area (Å²) in [5.41, 5.74) is -1.14. The maximum absolute atomic E-state index is 14.1. The molecule has 2 atom stereocenters. The van der Waals surface area contributed by atoms with Crippen molar-refractivity contribution in [3.8, 4) is 0 Å². The third kappa shape index (κ3) is 5.14. The Bertz CT molecular complexity index is 655. The van der Waals surface area contributed by atoms with E-state index in [2.05, 4.69) is 5.32 Å². The minimum absolute atomic E-state index is 0.157. The van der Waals surface area contributed by atoms with Gasteiger partial charge in [-0.3, -0.25) is 9.69 Å². The monoisotopic (exact) mass is 370 g/mol. The fourth-order valence-corrected chi connectivity index (χ4v) is 3.07. The Morgan fingerprint density at radius 1 is 1.31 bits per heavy atom. The van der Waals surface area contributed by atoms with Crippen LogP contribution in [-0.2, 0) is 9.53 Å². The summed E-state index contributed by atoms with van der Waals surface area (Å²) in [6.45, 7) is 5.73. The molecule has 1 aromatic rings. The third-order valence-corrected chi connectivity index (χ3v) is 4.05. The van der Waals surface area contributed by atoms with E-state index in [4.69, 9.17) is 4.74 Å². The van der Waals surface area contributed by atoms with Crippen LogP contribution in [0, 0.1) is 11.6 Å². The molecule has 1 amide bonds. The maximum Gasteiger partial charge on any atom is 0.407 e. The molecule has 2 N–H and O–H groups in total. The van der Waals surface area contributed by atoms with Gasteiger partial charge < -0.3 is 15.2 Å². The van der Waals surface area contributed by atoms with E-state index in [0.29, 0.717) is 19.4 Å². The van der Waals surface area contributed by atoms with Crippen LogP contribution in [0.1, 0.15) is 45.2 Å². The fraction of sp³-hybridized carbons (Fsp3) is 0.556. The van der Waals surface area contributed by atoms with Gasteiger partial charge in [0, 0.05) is 12.6 Å². The number of carboxylic acid groups (broad SMARTS) is 1. The number of carbonyl (C=O) groups excluding carboxylic acids is 1. The van der Waals surface area contributed by atoms with Gasteiger partial charge in [-0.1, -0.05) is 6.07 Å². The van der Waals surface area contributed by atoms with E-state index in [1.165, 1.54) is 11.0 Å². The first-order chi connectivity index (χ1) is 12.1. The summed E-state index contributed by atoms with van der Waals surface area (Å²) < 4.78 is 33.4. The van der Waals surface area contributed by atoms with Gasteiger partial charge in [-0.2, -0.15) is 0 Å². The number of carbonyl (C=O) groups is 2. The van der Waals surface area contributed by atoms with Crippen molar-refractivity contribution in [1.82, 2.24) is 10.2 Å². The van der Waals surface area contributed by atoms with Crippen LogP contribution in [0.5, 0.6) is 0 Å². The maximum atomic E-state index is 14.1. The lowest BCUT2D eigenvalue weighted by Gasteiger charge is -2.37. The lowest BCUT2D eigenvalue weighted by atomic mass is 9.98. The van der Waals surface area contributed by atoms with Gasteiger partial charge in [0.05, 0.1) is 5.56 Å². The molecule has 8 heteroatoms. The molecular weight excluding hydrogens is 346 g/mol. The van der Waals surface area contributed by atoms with Crippen LogP contribution >= 0.6 is 0 Å². The van der Waals surface area contributed by atoms with E-state index >= 15 is 0 Å². The predicted octanol–water partition coefficient (Wildman–Crippen LogP) is 3.08. The second-order valence-electron chi connectivity index (χ2n) is 7.36. The Kier molecular flexibility index (Phi) is 6.17. The quantitative estimate of drug-likeness (QED) is 0.852. The summed E-state index contributed by atoms with van der Waals surface area (Å²) in [6.07, 6.45) is 0.607. The Morgan fingerprint density at radius 2 is 1.92 bits per heavy atom. The number of likely N-dealkylation sites (tertiary alicyclic amines) is 1. The molecule has 1 aliphatic heterocycles. The van der Waals surface area contributed by atoms with Crippen molar-refractivity contribution in [2.75, 3.05) is 13.1 Å². The number of halogens is 2. The highest BCUT2D eigenvalue weighted by molar-refractivity contribution is 5.76. The molecule has 1 saturated heterocycles. The second kappa shape index (κ2) is 7.99. The Balaban J connectivity index is 2.15. The number of rotatable bonds is 4. The molecule has 0 aliphatic carbocycles. The number of aliphatic carboxylic acids is 1. The molecule has 26 heavy (non-hydrogen) atoms. The highest BCUT2D eigenvalue weighted by atomic mass is 19.1. The summed E-state index contributed by atoms with van der Waals surface area (Å²) in [6, 6.07) is 1.44. The van der Waals surface area contributed by atoms with Gasteiger partial charge >= 0.3 is 12.1 Å². The molecule has 2 unspecified atom stereocenters. The zero-order valence-electron chi connectivity index (χ0n) is 15.1. The average molecular weight is 370 g/mol. The Morgan fingerprint density at radius 3 is 2.46 bits per heavy atom. The van der Waals surface area contributed by atoms with Crippen molar-refractivity contribution in [2.45, 2.75) is 51.3 Å². The fourth-order valence-electron chi connectivity index (χ4n) is 3.07. The molecule has 0 bridgehead atoms. The van der Waals surface area contributed by atoms with Gasteiger partial charge in [-0.15, -0.1) is 0 Å². The number of nitrogens with zero attached hydrogens (tertiary/aromatic N) is 1. The molecule has 6 nitrogen and oxygen atoms in total. The van der Waals surface area contributed by atoms with E-state index < -0.39 is 40.9 Å². The Hall–Kier alpha value is -2.22. The molecule has 0 saturated carbocycles. The van der Waals surface area contributed by atoms with Crippen molar-refractivity contribution >= 4 is 12.1 Å². The Labute approximate surface area is 151 Å². The topological polar surface area (TPSA) is 78.9 Å². The molecular formula is C18H24F2N2O4. The van der Waals surface area contributed by atoms with Crippen LogP contribution in [-0.4, -0.2) is 46.8 Å². The zero-order chi connectivity index (χ0) is 19.5. The molecule has 1 aromatic carbocycles. The van der Waals surface area contributed by atoms with Crippen molar-refractivity contribution < 1.29 is 28.2 Å². The first kappa shape index (κ1) is 20.1. The number of nitrogens with one attached hydrogen (secondary N) is 1. The van der Waals surface area contributed by atoms with Gasteiger partial charge in [0.15, 0.2) is 0 Å². The third-order valence-electron chi connectivity index (χ3n) is 4.05. The molecule has 1 aliphatic rings. The van der Waals surface area contributed by atoms with E-state index in [1.807, 2.05) is 0 Å². The van der Waals surface area contributed by atoms with Gasteiger partial charge in [-0.25, -0.2) is 13.6 Å². The molecule has 1 heterocycles. The highest BCUT2D eigenvalue weighted by Gasteiger charge is 2.36. The standard InChI is InChI=1S/C18H24F2N2O4/c1-18(2,3)26-17(25)21-11-6-5-9-22(10-11)15(16(23)24)14-12(19)7-4-8-13(14)20/h4,7-8,11,15H,5-6,9-10H2,1-3H3,(H,21,25)(H,23,24). The first-order valence-corrected chi connectivity index (χ1v) is 8.49. The van der Waals surface area contributed by atoms with Crippen LogP contribution in [0.3, 0.4) is 0 Å². The van der Waals surface area contributed by atoms with Gasteiger partial charge in [0.2, 0.25) is 0 Å². The van der Waals surface area contributed by atoms with Crippen LogP contribution in [0.25, 0.3) is 0 Å². The molecule has 0 radical (unpaired) electrons. The van der Waals surface area contributed by atoms with Gasteiger partial charge in [0.25, 0.3) is 0 Å². The smallest absolute Gasteiger partial charge is 0.407 e. The zero-order valence-corrected chi connectivity index (χ0v) is 15.1. The number of hydrogen-bond acceptors (Lipinski definition) is 4. The molecule has 144 valence electrons. The lowest BCUT2D eigenvalue weighted by molar-refractivity contribution is -0.144. The number of hydrogen-bond donors (Lipinski definition) is 2. The predicted molar refractivity (Wildman–Crippen MR) is 90.7 cm³/mol. The minimum atomic E-state index is -1.46. The van der Waals surface area contributed by atoms with Crippen molar-refractivity contribution in [2.24, 2.45) is 0 Å². The lowest BCUT2D eigenvalue weighted by Crippen LogP contribution is -2.51. The van der Waals surface area contributed by atoms with E-state index in [0.717, 1.165) is 12.1 Å². The van der Waals surface area contributed by atoms with Crippen LogP contribution < -0.4 is 5.32 Å². The van der Waals surface area contributed by atoms with Crippen molar-refractivity contribution in [3.63, 3.8) is 0 Å². The van der Waals surface area contributed by atoms with E-state index in [-0.39, 0.29) is 12.6 Å². The summed E-state index contributed by atoms with van der Waals surface area (Å²) in [5.74, 6) is -3.15. The van der Waals surface area contributed by atoms with E-state index in [1.54, 1.807) is 20.8 Å². The van der Waals surface area contributed by atoms with Crippen LogP contribution in [0.2, 0.25) is 0 Å². The molecule has 0 spiro atoms. The van der Waals surface area contributed by atoms with Crippen molar-refractivity contribution in [3.05, 3.63) is 35.4 Å². The molecule has 1 fully saturated rings. The number of ether oxygens (including phenoxy) is 1. The SMILES string of the molecule is CC(C)(C)OC(=O)NC1CCCN(C(C(=O)O)c2c(F)cccc2F)C1. The minimum Gasteiger partial charge on any atom is -0.480 e. The highest BCUT2D eigenvalue weighted by Crippen LogP contribution is 2.29. The van der Waals surface area contributed by atoms with Crippen molar-refractivity contribution in [1.29, 1.82) is 0 Å². The number of amides is 1. The summed E-state index contributed by atoms with van der Waals surface area (Å²) in [7, 11) is 0. The molecule has 2 rings (SSSR count). The number of alkyl carbamates (subject to hydrolysis) is 1. The number of benzene rings is 1. The largest absolute Gasteiger partial charge is 0.480 e. The average Bonchev–Trinajstić information content (AvgIpc) is 2.48. The first-order valence-electron chi connectivity index (χ1n) is 8.49.